The van der Waals surface area contributed by atoms with Crippen molar-refractivity contribution < 1.29 is 5.21 Å². The molecule has 0 aliphatic rings. The summed E-state index contributed by atoms with van der Waals surface area (Å²) in [6, 6.07) is 9.74. The molecule has 0 aliphatic carbocycles. The SMILES string of the molecule is Cc1ccccc1CN(C)c1nccc(/C(N)=N/O)n1. The minimum Gasteiger partial charge on any atom is -0.409 e. The van der Waals surface area contributed by atoms with E-state index in [4.69, 9.17) is 10.9 Å². The van der Waals surface area contributed by atoms with Crippen LogP contribution in [0, 0.1) is 6.92 Å². The Labute approximate surface area is 117 Å². The summed E-state index contributed by atoms with van der Waals surface area (Å²) in [7, 11) is 1.90. The van der Waals surface area contributed by atoms with Gasteiger partial charge in [0, 0.05) is 19.8 Å². The van der Waals surface area contributed by atoms with Gasteiger partial charge in [-0.25, -0.2) is 9.97 Å². The Morgan fingerprint density at radius 2 is 2.10 bits per heavy atom. The highest BCUT2D eigenvalue weighted by Gasteiger charge is 2.09. The van der Waals surface area contributed by atoms with E-state index >= 15 is 0 Å². The molecule has 1 aromatic heterocycles. The molecule has 2 rings (SSSR count). The Balaban J connectivity index is 2.21. The Bertz CT molecular complexity index is 626. The number of aryl methyl sites for hydroxylation is 1. The van der Waals surface area contributed by atoms with E-state index in [0.29, 0.717) is 18.2 Å². The maximum absolute atomic E-state index is 8.68. The summed E-state index contributed by atoms with van der Waals surface area (Å²) in [6.07, 6.45) is 1.59. The van der Waals surface area contributed by atoms with Gasteiger partial charge in [0.1, 0.15) is 5.69 Å². The lowest BCUT2D eigenvalue weighted by molar-refractivity contribution is 0.318. The standard InChI is InChI=1S/C14H17N5O/c1-10-5-3-4-6-11(10)9-19(2)14-16-8-7-12(17-14)13(15)18-20/h3-8,20H,9H2,1-2H3,(H2,15,18). The quantitative estimate of drug-likeness (QED) is 0.381. The topological polar surface area (TPSA) is 87.6 Å². The average molecular weight is 271 g/mol. The molecular weight excluding hydrogens is 254 g/mol. The smallest absolute Gasteiger partial charge is 0.226 e. The van der Waals surface area contributed by atoms with E-state index in [9.17, 15) is 0 Å². The molecule has 0 bridgehead atoms. The van der Waals surface area contributed by atoms with Gasteiger partial charge in [-0.3, -0.25) is 0 Å². The van der Waals surface area contributed by atoms with Gasteiger partial charge in [-0.1, -0.05) is 29.4 Å². The van der Waals surface area contributed by atoms with E-state index in [1.807, 2.05) is 24.1 Å². The minimum absolute atomic E-state index is 0.0297. The fourth-order valence-corrected chi connectivity index (χ4v) is 1.84. The summed E-state index contributed by atoms with van der Waals surface area (Å²) in [5, 5.41) is 11.6. The number of hydrogen-bond acceptors (Lipinski definition) is 5. The van der Waals surface area contributed by atoms with Gasteiger partial charge in [0.15, 0.2) is 5.84 Å². The summed E-state index contributed by atoms with van der Waals surface area (Å²) >= 11 is 0. The normalized spacial score (nSPS) is 11.4. The Morgan fingerprint density at radius 1 is 1.35 bits per heavy atom. The van der Waals surface area contributed by atoms with Crippen molar-refractivity contribution in [1.82, 2.24) is 9.97 Å². The van der Waals surface area contributed by atoms with Crippen molar-refractivity contribution in [3.63, 3.8) is 0 Å². The molecule has 20 heavy (non-hydrogen) atoms. The lowest BCUT2D eigenvalue weighted by Gasteiger charge is -2.18. The number of anilines is 1. The average Bonchev–Trinajstić information content (AvgIpc) is 2.49. The van der Waals surface area contributed by atoms with E-state index in [1.54, 1.807) is 12.3 Å². The van der Waals surface area contributed by atoms with Crippen molar-refractivity contribution >= 4 is 11.8 Å². The highest BCUT2D eigenvalue weighted by molar-refractivity contribution is 5.95. The molecule has 0 fully saturated rings. The van der Waals surface area contributed by atoms with Crippen LogP contribution in [0.4, 0.5) is 5.95 Å². The summed E-state index contributed by atoms with van der Waals surface area (Å²) in [5.74, 6) is 0.496. The highest BCUT2D eigenvalue weighted by atomic mass is 16.4. The Morgan fingerprint density at radius 3 is 2.80 bits per heavy atom. The van der Waals surface area contributed by atoms with Crippen LogP contribution in [-0.2, 0) is 6.54 Å². The summed E-state index contributed by atoms with van der Waals surface area (Å²) in [5.41, 5.74) is 8.34. The van der Waals surface area contributed by atoms with Gasteiger partial charge in [0.25, 0.3) is 0 Å². The zero-order valence-corrected chi connectivity index (χ0v) is 11.5. The molecule has 0 saturated heterocycles. The number of aromatic nitrogens is 2. The molecule has 0 radical (unpaired) electrons. The molecule has 0 aliphatic heterocycles. The van der Waals surface area contributed by atoms with Gasteiger partial charge in [0.2, 0.25) is 5.95 Å². The molecular formula is C14H17N5O. The summed E-state index contributed by atoms with van der Waals surface area (Å²) < 4.78 is 0. The third-order valence-electron chi connectivity index (χ3n) is 3.02. The molecule has 3 N–H and O–H groups in total. The first kappa shape index (κ1) is 13.8. The summed E-state index contributed by atoms with van der Waals surface area (Å²) in [4.78, 5) is 10.4. The van der Waals surface area contributed by atoms with E-state index in [0.717, 1.165) is 0 Å². The van der Waals surface area contributed by atoms with Gasteiger partial charge in [0.05, 0.1) is 0 Å². The largest absolute Gasteiger partial charge is 0.409 e. The number of nitrogens with zero attached hydrogens (tertiary/aromatic N) is 4. The summed E-state index contributed by atoms with van der Waals surface area (Å²) in [6.45, 7) is 2.75. The number of oxime groups is 1. The fourth-order valence-electron chi connectivity index (χ4n) is 1.84. The van der Waals surface area contributed by atoms with E-state index < -0.39 is 0 Å². The fraction of sp³-hybridized carbons (Fsp3) is 0.214. The van der Waals surface area contributed by atoms with Gasteiger partial charge in [-0.05, 0) is 24.1 Å². The van der Waals surface area contributed by atoms with Crippen molar-refractivity contribution in [2.24, 2.45) is 10.9 Å². The molecule has 0 saturated carbocycles. The maximum atomic E-state index is 8.68. The highest BCUT2D eigenvalue weighted by Crippen LogP contribution is 2.13. The van der Waals surface area contributed by atoms with Crippen molar-refractivity contribution in [3.05, 3.63) is 53.3 Å². The molecule has 0 amide bonds. The second kappa shape index (κ2) is 6.01. The molecule has 104 valence electrons. The first-order valence-electron chi connectivity index (χ1n) is 6.18. The van der Waals surface area contributed by atoms with Crippen molar-refractivity contribution in [2.75, 3.05) is 11.9 Å². The van der Waals surface area contributed by atoms with E-state index in [2.05, 4.69) is 34.2 Å². The zero-order chi connectivity index (χ0) is 14.5. The van der Waals surface area contributed by atoms with Crippen LogP contribution in [-0.4, -0.2) is 28.1 Å². The molecule has 0 unspecified atom stereocenters. The second-order valence-corrected chi connectivity index (χ2v) is 4.51. The zero-order valence-electron chi connectivity index (χ0n) is 11.5. The monoisotopic (exact) mass is 271 g/mol. The van der Waals surface area contributed by atoms with E-state index in [1.165, 1.54) is 11.1 Å². The molecule has 0 spiro atoms. The number of hydrogen-bond donors (Lipinski definition) is 2. The van der Waals surface area contributed by atoms with Crippen molar-refractivity contribution in [2.45, 2.75) is 13.5 Å². The molecule has 6 heteroatoms. The Kier molecular flexibility index (Phi) is 4.14. The van der Waals surface area contributed by atoms with Gasteiger partial charge >= 0.3 is 0 Å². The third kappa shape index (κ3) is 3.03. The maximum Gasteiger partial charge on any atom is 0.226 e. The van der Waals surface area contributed by atoms with Crippen LogP contribution in [0.5, 0.6) is 0 Å². The molecule has 1 heterocycles. The van der Waals surface area contributed by atoms with Crippen LogP contribution >= 0.6 is 0 Å². The van der Waals surface area contributed by atoms with Crippen LogP contribution in [0.1, 0.15) is 16.8 Å². The molecule has 6 nitrogen and oxygen atoms in total. The lowest BCUT2D eigenvalue weighted by Crippen LogP contribution is -2.22. The molecule has 1 aromatic carbocycles. The predicted molar refractivity (Wildman–Crippen MR) is 77.8 cm³/mol. The second-order valence-electron chi connectivity index (χ2n) is 4.51. The molecule has 0 atom stereocenters. The van der Waals surface area contributed by atoms with Gasteiger partial charge in [-0.15, -0.1) is 0 Å². The van der Waals surface area contributed by atoms with Crippen molar-refractivity contribution in [3.8, 4) is 0 Å². The first-order valence-corrected chi connectivity index (χ1v) is 6.18. The first-order chi connectivity index (χ1) is 9.61. The van der Waals surface area contributed by atoms with Gasteiger partial charge in [-0.2, -0.15) is 0 Å². The van der Waals surface area contributed by atoms with Gasteiger partial charge < -0.3 is 15.8 Å². The van der Waals surface area contributed by atoms with Crippen LogP contribution in [0.25, 0.3) is 0 Å². The Hall–Kier alpha value is -2.63. The number of nitrogens with two attached hydrogens (primary N) is 1. The molecule has 2 aromatic rings. The third-order valence-corrected chi connectivity index (χ3v) is 3.02. The predicted octanol–water partition coefficient (Wildman–Crippen LogP) is 1.52. The minimum atomic E-state index is -0.0297. The number of amidine groups is 1. The van der Waals surface area contributed by atoms with Crippen LogP contribution in [0.3, 0.4) is 0 Å². The van der Waals surface area contributed by atoms with Crippen LogP contribution < -0.4 is 10.6 Å². The van der Waals surface area contributed by atoms with E-state index in [-0.39, 0.29) is 5.84 Å². The lowest BCUT2D eigenvalue weighted by atomic mass is 10.1. The van der Waals surface area contributed by atoms with Crippen LogP contribution in [0.2, 0.25) is 0 Å². The van der Waals surface area contributed by atoms with Crippen LogP contribution in [0.15, 0.2) is 41.7 Å². The number of benzene rings is 1. The van der Waals surface area contributed by atoms with Crippen molar-refractivity contribution in [1.29, 1.82) is 0 Å². The number of rotatable bonds is 4.